The SMILES string of the molecule is [B]B([B])B([B])B(B([B])[B])B1CC1COc1cccc(-c2c3nc(c([N+](=O)[O-])c4ccc([nH]4)c(-c4cccc(OCC5CB5B(B([B])[B])B([B])B([B])[B])c4)c4nc(c([N+](=O)[O-])c5ccc2[nH]5)C=C4)C=C3)c1. The Morgan fingerprint density at radius 2 is 0.914 bits per heavy atom. The predicted molar refractivity (Wildman–Crippen MR) is 306 cm³/mol. The maximum absolute atomic E-state index is 13.0. The monoisotopic (exact) mass is 884 g/mol. The van der Waals surface area contributed by atoms with Gasteiger partial charge in [-0.3, -0.25) is 20.2 Å². The van der Waals surface area contributed by atoms with Gasteiger partial charge in [0, 0.05) is 151 Å². The van der Waals surface area contributed by atoms with Crippen LogP contribution >= 0.6 is 0 Å². The number of nitrogens with zero attached hydrogens (tertiary/aromatic N) is 4. The van der Waals surface area contributed by atoms with E-state index in [1.807, 2.05) is 24.3 Å². The predicted octanol–water partition coefficient (Wildman–Crippen LogP) is 1.56. The van der Waals surface area contributed by atoms with Crippen molar-refractivity contribution in [1.82, 2.24) is 19.9 Å². The van der Waals surface area contributed by atoms with Crippen molar-refractivity contribution in [3.05, 3.63) is 116 Å². The quantitative estimate of drug-likeness (QED) is 0.0747. The summed E-state index contributed by atoms with van der Waals surface area (Å²) in [6, 6.07) is 21.1. The highest BCUT2D eigenvalue weighted by Crippen LogP contribution is 2.43. The van der Waals surface area contributed by atoms with Crippen molar-refractivity contribution in [3.63, 3.8) is 0 Å². The van der Waals surface area contributed by atoms with Crippen molar-refractivity contribution in [3.8, 4) is 33.8 Å². The van der Waals surface area contributed by atoms with Gasteiger partial charge in [0.25, 0.3) is 0 Å². The lowest BCUT2D eigenvalue weighted by Crippen LogP contribution is -2.63. The van der Waals surface area contributed by atoms with E-state index in [0.717, 1.165) is 12.6 Å². The Bertz CT molecular complexity index is 2880. The van der Waals surface area contributed by atoms with E-state index in [2.05, 4.69) is 9.97 Å². The van der Waals surface area contributed by atoms with E-state index in [4.69, 9.17) is 96.8 Å². The standard InChI is InChI=1S/C38H28B20N6O6/c39-51(40)55(47)57(53(43)44)49-17-23(49)19-69-25-5-1-3-21(15-25)35-27-7-11-31(59-27)37(63(65)66)33-13-9-29(61-33)36(30-10-14-34(62-30)38(64(67)68)32-12-8-28(35)60-32)22-4-2-6-26(16-22)70-20-24-18-50(24)58(54(45)46)56(48)52(41)42/h1-16,23-24,59,62H,17-20H2. The fraction of sp³-hybridized carbons (Fsp3) is 0.158. The highest BCUT2D eigenvalue weighted by molar-refractivity contribution is 8.01. The molecule has 2 atom stereocenters. The number of nitrogens with one attached hydrogen (secondary N) is 2. The molecule has 2 N–H and O–H groups in total. The second-order valence-electron chi connectivity index (χ2n) is 18.6. The highest BCUT2D eigenvalue weighted by Gasteiger charge is 2.51. The summed E-state index contributed by atoms with van der Waals surface area (Å²) < 4.78 is 12.6. The minimum absolute atomic E-state index is 0.0730. The van der Waals surface area contributed by atoms with Crippen molar-refractivity contribution < 1.29 is 19.3 Å². The molecule has 2 aromatic carbocycles. The van der Waals surface area contributed by atoms with Gasteiger partial charge in [0.2, 0.25) is 0 Å². The van der Waals surface area contributed by atoms with Gasteiger partial charge in [-0.05, 0) is 95.6 Å². The van der Waals surface area contributed by atoms with Gasteiger partial charge < -0.3 is 19.4 Å². The molecule has 3 aromatic heterocycles. The van der Waals surface area contributed by atoms with Crippen LogP contribution in [0.5, 0.6) is 11.5 Å². The van der Waals surface area contributed by atoms with E-state index in [0.29, 0.717) is 69.4 Å². The first-order valence-corrected chi connectivity index (χ1v) is 23.0. The first-order valence-electron chi connectivity index (χ1n) is 23.0. The van der Waals surface area contributed by atoms with Crippen LogP contribution in [0.4, 0.5) is 11.4 Å². The molecular formula is C38H28B20N6O6. The molecule has 2 fully saturated rings. The first kappa shape index (κ1) is 49.7. The minimum Gasteiger partial charge on any atom is -0.494 e. The Hall–Kier alpha value is -5.26. The Morgan fingerprint density at radius 1 is 0.543 bits per heavy atom. The summed E-state index contributed by atoms with van der Waals surface area (Å²) in [6.45, 7) is 0.827. The van der Waals surface area contributed by atoms with E-state index in [1.165, 1.54) is 0 Å². The van der Waals surface area contributed by atoms with Gasteiger partial charge in [0.1, 0.15) is 33.9 Å². The second-order valence-corrected chi connectivity index (χ2v) is 18.6. The van der Waals surface area contributed by atoms with Crippen LogP contribution in [0.25, 0.3) is 68.6 Å². The normalized spacial score (nSPS) is 15.2. The third-order valence-corrected chi connectivity index (χ3v) is 13.8. The van der Waals surface area contributed by atoms with Crippen LogP contribution in [-0.2, 0) is 0 Å². The number of fused-ring (bicyclic) bond motifs is 8. The first-order chi connectivity index (χ1) is 33.5. The van der Waals surface area contributed by atoms with Crippen molar-refractivity contribution in [2.45, 2.75) is 24.3 Å². The van der Waals surface area contributed by atoms with Crippen LogP contribution in [0, 0.1) is 20.2 Å². The fourth-order valence-corrected chi connectivity index (χ4v) is 10.1. The second kappa shape index (κ2) is 20.5. The topological polar surface area (TPSA) is 162 Å². The zero-order valence-electron chi connectivity index (χ0n) is 38.0. The van der Waals surface area contributed by atoms with E-state index >= 15 is 0 Å². The molecule has 2 unspecified atom stereocenters. The van der Waals surface area contributed by atoms with Gasteiger partial charge in [-0.15, -0.1) is 0 Å². The van der Waals surface area contributed by atoms with Crippen LogP contribution in [0.3, 0.4) is 0 Å². The van der Waals surface area contributed by atoms with Gasteiger partial charge >= 0.3 is 11.4 Å². The molecule has 306 valence electrons. The van der Waals surface area contributed by atoms with Crippen molar-refractivity contribution in [1.29, 1.82) is 0 Å². The number of nitro groups is 2. The number of aromatic amines is 2. The minimum atomic E-state index is -0.783. The van der Waals surface area contributed by atoms with Crippen LogP contribution in [-0.4, -0.2) is 185 Å². The van der Waals surface area contributed by atoms with Crippen LogP contribution < -0.4 is 9.47 Å². The summed E-state index contributed by atoms with van der Waals surface area (Å²) in [5, 5.41) is 26.0. The summed E-state index contributed by atoms with van der Waals surface area (Å²) in [4.78, 5) is 41.2. The molecule has 8 bridgehead atoms. The van der Waals surface area contributed by atoms with Crippen LogP contribution in [0.2, 0.25) is 24.3 Å². The van der Waals surface area contributed by atoms with Gasteiger partial charge in [-0.1, -0.05) is 36.9 Å². The van der Waals surface area contributed by atoms with E-state index in [1.54, 1.807) is 72.8 Å². The number of aromatic nitrogens is 4. The highest BCUT2D eigenvalue weighted by atomic mass is 16.6. The molecular weight excluding hydrogens is 853 g/mol. The number of H-pyrrole nitrogens is 2. The Kier molecular flexibility index (Phi) is 14.5. The molecule has 32 heteroatoms. The molecule has 12 nitrogen and oxygen atoms in total. The molecule has 2 saturated heterocycles. The van der Waals surface area contributed by atoms with Crippen molar-refractivity contribution >= 4 is 199 Å². The van der Waals surface area contributed by atoms with Crippen molar-refractivity contribution in [2.75, 3.05) is 13.2 Å². The van der Waals surface area contributed by atoms with Crippen LogP contribution in [0.15, 0.2) is 72.8 Å². The number of ether oxygens (including phenoxy) is 2. The third-order valence-electron chi connectivity index (χ3n) is 13.8. The molecule has 0 saturated carbocycles. The molecule has 7 heterocycles. The van der Waals surface area contributed by atoms with Crippen molar-refractivity contribution in [2.24, 2.45) is 0 Å². The number of hydrogen-bond acceptors (Lipinski definition) is 8. The average Bonchev–Trinajstić information content (AvgIpc) is 3.80. The van der Waals surface area contributed by atoms with E-state index < -0.39 is 48.2 Å². The molecule has 0 aliphatic carbocycles. The maximum atomic E-state index is 13.0. The van der Waals surface area contributed by atoms with E-state index in [9.17, 15) is 20.2 Å². The molecule has 4 aliphatic rings. The third kappa shape index (κ3) is 10.3. The molecule has 0 amide bonds. The molecule has 0 spiro atoms. The van der Waals surface area contributed by atoms with Crippen LogP contribution in [0.1, 0.15) is 22.8 Å². The summed E-state index contributed by atoms with van der Waals surface area (Å²) in [6.07, 6.45) is 3.28. The maximum Gasteiger partial charge on any atom is 0.318 e. The molecule has 9 rings (SSSR count). The van der Waals surface area contributed by atoms with Gasteiger partial charge in [0.05, 0.1) is 47.7 Å². The molecule has 20 radical (unpaired) electrons. The molecule has 4 aliphatic heterocycles. The number of hydrogen-bond donors (Lipinski definition) is 2. The number of rotatable bonds is 18. The van der Waals surface area contributed by atoms with E-state index in [-0.39, 0.29) is 71.4 Å². The Morgan fingerprint density at radius 3 is 1.27 bits per heavy atom. The Labute approximate surface area is 423 Å². The van der Waals surface area contributed by atoms with Gasteiger partial charge in [-0.2, -0.15) is 0 Å². The lowest BCUT2D eigenvalue weighted by Gasteiger charge is -2.25. The van der Waals surface area contributed by atoms with Gasteiger partial charge in [0.15, 0.2) is 0 Å². The lowest BCUT2D eigenvalue weighted by atomic mass is 8.57. The zero-order chi connectivity index (χ0) is 49.7. The molecule has 70 heavy (non-hydrogen) atoms. The Balaban J connectivity index is 1.12. The number of benzene rings is 2. The van der Waals surface area contributed by atoms with Gasteiger partial charge in [-0.25, -0.2) is 9.97 Å². The molecule has 5 aromatic rings. The smallest absolute Gasteiger partial charge is 0.318 e. The lowest BCUT2D eigenvalue weighted by molar-refractivity contribution is -0.383. The summed E-state index contributed by atoms with van der Waals surface area (Å²) >= 11 is 0. The largest absolute Gasteiger partial charge is 0.494 e. The summed E-state index contributed by atoms with van der Waals surface area (Å²) in [5.74, 6) is 1.27. The fourth-order valence-electron chi connectivity index (χ4n) is 10.1. The summed E-state index contributed by atoms with van der Waals surface area (Å²) in [7, 11) is 60.5. The summed E-state index contributed by atoms with van der Waals surface area (Å²) in [5.41, 5.74) is 3.79. The average molecular weight is 881 g/mol. The zero-order valence-corrected chi connectivity index (χ0v) is 38.0.